The standard InChI is InChI=1S/C14H18N2O5.C4H10.C2H6/c1-2-19-14(18)6-10(16-13(17)7-15)9-3-4-11-12(5-9)21-8-20-11;1-3-4-2;1-2/h3-5,10H,2,6-8,15H2,1H3,(H,16,17);3-4H2,1-2H3;1-2H3. The maximum absolute atomic E-state index is 11.7. The van der Waals surface area contributed by atoms with E-state index in [4.69, 9.17) is 19.9 Å². The molecule has 1 atom stereocenters. The molecule has 0 saturated heterocycles. The van der Waals surface area contributed by atoms with Gasteiger partial charge in [0.2, 0.25) is 12.7 Å². The summed E-state index contributed by atoms with van der Waals surface area (Å²) in [6, 6.07) is 4.73. The molecular weight excluding hydrogens is 348 g/mol. The van der Waals surface area contributed by atoms with E-state index in [2.05, 4.69) is 19.2 Å². The molecule has 27 heavy (non-hydrogen) atoms. The third kappa shape index (κ3) is 9.28. The molecule has 1 heterocycles. The van der Waals surface area contributed by atoms with E-state index in [0.29, 0.717) is 11.5 Å². The van der Waals surface area contributed by atoms with Crippen LogP contribution in [-0.4, -0.2) is 31.8 Å². The molecule has 0 spiro atoms. The largest absolute Gasteiger partial charge is 0.466 e. The van der Waals surface area contributed by atoms with Gasteiger partial charge in [-0.1, -0.05) is 46.6 Å². The zero-order valence-corrected chi connectivity index (χ0v) is 17.2. The summed E-state index contributed by atoms with van der Waals surface area (Å²) in [5, 5.41) is 2.70. The van der Waals surface area contributed by atoms with E-state index in [1.165, 1.54) is 12.8 Å². The van der Waals surface area contributed by atoms with Crippen LogP contribution in [0, 0.1) is 0 Å². The van der Waals surface area contributed by atoms with Gasteiger partial charge in [0, 0.05) is 0 Å². The smallest absolute Gasteiger partial charge is 0.308 e. The van der Waals surface area contributed by atoms with Crippen molar-refractivity contribution in [2.75, 3.05) is 19.9 Å². The SMILES string of the molecule is CC.CCCC.CCOC(=O)CC(NC(=O)CN)c1ccc2c(c1)OCO2. The molecule has 1 aliphatic rings. The first-order valence-corrected chi connectivity index (χ1v) is 9.60. The molecule has 0 aromatic heterocycles. The van der Waals surface area contributed by atoms with Crippen LogP contribution in [0.2, 0.25) is 0 Å². The minimum absolute atomic E-state index is 0.0270. The fourth-order valence-corrected chi connectivity index (χ4v) is 2.02. The van der Waals surface area contributed by atoms with Gasteiger partial charge in [-0.15, -0.1) is 0 Å². The fourth-order valence-electron chi connectivity index (χ4n) is 2.02. The van der Waals surface area contributed by atoms with Crippen LogP contribution < -0.4 is 20.5 Å². The molecule has 154 valence electrons. The van der Waals surface area contributed by atoms with Crippen molar-refractivity contribution < 1.29 is 23.8 Å². The molecule has 7 nitrogen and oxygen atoms in total. The Morgan fingerprint density at radius 3 is 2.33 bits per heavy atom. The predicted molar refractivity (Wildman–Crippen MR) is 106 cm³/mol. The van der Waals surface area contributed by atoms with Crippen LogP contribution in [0.3, 0.4) is 0 Å². The van der Waals surface area contributed by atoms with E-state index >= 15 is 0 Å². The topological polar surface area (TPSA) is 99.9 Å². The number of esters is 1. The van der Waals surface area contributed by atoms with Gasteiger partial charge in [0.25, 0.3) is 0 Å². The Balaban J connectivity index is 0.000000998. The van der Waals surface area contributed by atoms with Gasteiger partial charge in [0.1, 0.15) is 0 Å². The normalized spacial score (nSPS) is 11.9. The van der Waals surface area contributed by atoms with E-state index in [9.17, 15) is 9.59 Å². The third-order valence-corrected chi connectivity index (χ3v) is 3.50. The van der Waals surface area contributed by atoms with E-state index in [1.54, 1.807) is 25.1 Å². The highest BCUT2D eigenvalue weighted by atomic mass is 16.7. The highest BCUT2D eigenvalue weighted by Gasteiger charge is 2.22. The Labute approximate surface area is 162 Å². The second kappa shape index (κ2) is 14.8. The summed E-state index contributed by atoms with van der Waals surface area (Å²) < 4.78 is 15.5. The molecule has 0 bridgehead atoms. The van der Waals surface area contributed by atoms with Crippen molar-refractivity contribution >= 4 is 11.9 Å². The van der Waals surface area contributed by atoms with E-state index < -0.39 is 12.0 Å². The number of rotatable bonds is 7. The summed E-state index contributed by atoms with van der Waals surface area (Å²) in [5.74, 6) is 0.488. The number of nitrogens with two attached hydrogens (primary N) is 1. The minimum Gasteiger partial charge on any atom is -0.466 e. The van der Waals surface area contributed by atoms with Gasteiger partial charge in [0.05, 0.1) is 25.6 Å². The van der Waals surface area contributed by atoms with Gasteiger partial charge in [-0.25, -0.2) is 0 Å². The van der Waals surface area contributed by atoms with Crippen LogP contribution in [0.1, 0.15) is 65.5 Å². The Morgan fingerprint density at radius 2 is 1.78 bits per heavy atom. The zero-order valence-electron chi connectivity index (χ0n) is 17.2. The lowest BCUT2D eigenvalue weighted by molar-refractivity contribution is -0.143. The summed E-state index contributed by atoms with van der Waals surface area (Å²) >= 11 is 0. The number of nitrogens with one attached hydrogen (secondary N) is 1. The second-order valence-electron chi connectivity index (χ2n) is 5.45. The molecule has 1 aromatic carbocycles. The van der Waals surface area contributed by atoms with Crippen LogP contribution in [0.15, 0.2) is 18.2 Å². The molecule has 1 aromatic rings. The molecule has 3 N–H and O–H groups in total. The average Bonchev–Trinajstić information content (AvgIpc) is 3.17. The maximum atomic E-state index is 11.7. The highest BCUT2D eigenvalue weighted by Crippen LogP contribution is 2.34. The zero-order chi connectivity index (χ0) is 20.7. The van der Waals surface area contributed by atoms with Crippen LogP contribution >= 0.6 is 0 Å². The maximum Gasteiger partial charge on any atom is 0.308 e. The van der Waals surface area contributed by atoms with Crippen LogP contribution in [0.25, 0.3) is 0 Å². The van der Waals surface area contributed by atoms with Crippen molar-refractivity contribution in [2.24, 2.45) is 5.73 Å². The molecule has 0 fully saturated rings. The molecule has 1 amide bonds. The number of carbonyl (C=O) groups excluding carboxylic acids is 2. The molecule has 7 heteroatoms. The lowest BCUT2D eigenvalue weighted by Crippen LogP contribution is -2.35. The van der Waals surface area contributed by atoms with Gasteiger partial charge in [0.15, 0.2) is 11.5 Å². The quantitative estimate of drug-likeness (QED) is 0.702. The highest BCUT2D eigenvalue weighted by molar-refractivity contribution is 5.79. The van der Waals surface area contributed by atoms with Gasteiger partial charge >= 0.3 is 5.97 Å². The summed E-state index contributed by atoms with van der Waals surface area (Å²) in [6.07, 6.45) is 2.67. The lowest BCUT2D eigenvalue weighted by atomic mass is 10.0. The third-order valence-electron chi connectivity index (χ3n) is 3.50. The monoisotopic (exact) mass is 382 g/mol. The van der Waals surface area contributed by atoms with Crippen LogP contribution in [0.4, 0.5) is 0 Å². The predicted octanol–water partition coefficient (Wildman–Crippen LogP) is 3.32. The number of fused-ring (bicyclic) bond motifs is 1. The van der Waals surface area contributed by atoms with Crippen LogP contribution in [-0.2, 0) is 14.3 Å². The number of ether oxygens (including phenoxy) is 3. The van der Waals surface area contributed by atoms with Crippen molar-refractivity contribution in [3.05, 3.63) is 23.8 Å². The van der Waals surface area contributed by atoms with E-state index in [1.807, 2.05) is 13.8 Å². The molecular formula is C20H34N2O5. The first-order valence-electron chi connectivity index (χ1n) is 9.60. The summed E-state index contributed by atoms with van der Waals surface area (Å²) in [5.41, 5.74) is 6.04. The molecule has 2 rings (SSSR count). The lowest BCUT2D eigenvalue weighted by Gasteiger charge is -2.18. The molecule has 0 radical (unpaired) electrons. The van der Waals surface area contributed by atoms with E-state index in [0.717, 1.165) is 5.56 Å². The van der Waals surface area contributed by atoms with E-state index in [-0.39, 0.29) is 32.3 Å². The molecule has 0 saturated carbocycles. The molecule has 1 unspecified atom stereocenters. The summed E-state index contributed by atoms with van der Waals surface area (Å²) in [4.78, 5) is 23.2. The first-order chi connectivity index (χ1) is 13.0. The Kier molecular flexibility index (Phi) is 13.6. The van der Waals surface area contributed by atoms with Crippen molar-refractivity contribution in [1.82, 2.24) is 5.32 Å². The minimum atomic E-state index is -0.519. The van der Waals surface area contributed by atoms with Gasteiger partial charge in [-0.05, 0) is 24.6 Å². The Bertz CT molecular complexity index is 561. The fraction of sp³-hybridized carbons (Fsp3) is 0.600. The number of unbranched alkanes of at least 4 members (excludes halogenated alkanes) is 1. The molecule has 0 aliphatic carbocycles. The summed E-state index contributed by atoms with van der Waals surface area (Å²) in [6.45, 7) is 10.4. The summed E-state index contributed by atoms with van der Waals surface area (Å²) in [7, 11) is 0. The van der Waals surface area contributed by atoms with Gasteiger partial charge in [-0.2, -0.15) is 0 Å². The number of amides is 1. The van der Waals surface area contributed by atoms with Crippen molar-refractivity contribution in [1.29, 1.82) is 0 Å². The van der Waals surface area contributed by atoms with Crippen molar-refractivity contribution in [2.45, 2.75) is 59.9 Å². The number of carbonyl (C=O) groups is 2. The van der Waals surface area contributed by atoms with Crippen LogP contribution in [0.5, 0.6) is 11.5 Å². The average molecular weight is 383 g/mol. The van der Waals surface area contributed by atoms with Crippen molar-refractivity contribution in [3.8, 4) is 11.5 Å². The molecule has 1 aliphatic heterocycles. The van der Waals surface area contributed by atoms with Gasteiger partial charge in [-0.3, -0.25) is 9.59 Å². The number of hydrogen-bond acceptors (Lipinski definition) is 6. The second-order valence-corrected chi connectivity index (χ2v) is 5.45. The Hall–Kier alpha value is -2.28. The first kappa shape index (κ1) is 24.7. The Morgan fingerprint density at radius 1 is 1.15 bits per heavy atom. The number of benzene rings is 1. The number of hydrogen-bond donors (Lipinski definition) is 2. The van der Waals surface area contributed by atoms with Crippen molar-refractivity contribution in [3.63, 3.8) is 0 Å². The van der Waals surface area contributed by atoms with Gasteiger partial charge < -0.3 is 25.3 Å².